The summed E-state index contributed by atoms with van der Waals surface area (Å²) in [7, 11) is 0. The smallest absolute Gasteiger partial charge is 0.322 e. The van der Waals surface area contributed by atoms with Crippen LogP contribution in [-0.4, -0.2) is 46.8 Å². The van der Waals surface area contributed by atoms with Gasteiger partial charge >= 0.3 is 6.03 Å². The quantitative estimate of drug-likeness (QED) is 0.496. The van der Waals surface area contributed by atoms with Crippen LogP contribution in [0.2, 0.25) is 5.02 Å². The lowest BCUT2D eigenvalue weighted by atomic mass is 9.95. The molecule has 0 bridgehead atoms. The monoisotopic (exact) mass is 510 g/mol. The van der Waals surface area contributed by atoms with E-state index >= 15 is 0 Å². The van der Waals surface area contributed by atoms with Crippen LogP contribution in [0.25, 0.3) is 0 Å². The molecule has 2 heterocycles. The number of hydrogen-bond donors (Lipinski definition) is 2. The molecule has 2 aliphatic heterocycles. The fourth-order valence-electron chi connectivity index (χ4n) is 4.57. The van der Waals surface area contributed by atoms with Crippen molar-refractivity contribution in [3.05, 3.63) is 88.9 Å². The molecule has 2 aromatic carbocycles. The van der Waals surface area contributed by atoms with Crippen molar-refractivity contribution in [2.24, 2.45) is 5.92 Å². The molecule has 4 amide bonds. The zero-order valence-electron chi connectivity index (χ0n) is 20.1. The predicted octanol–water partition coefficient (Wildman–Crippen LogP) is 4.88. The first-order valence-corrected chi connectivity index (χ1v) is 12.1. The second kappa shape index (κ2) is 10.5. The molecule has 188 valence electrons. The lowest BCUT2D eigenvalue weighted by Crippen LogP contribution is -2.47. The zero-order valence-corrected chi connectivity index (χ0v) is 20.9. The molecular formula is C27H28ClFN4O3. The fourth-order valence-corrected chi connectivity index (χ4v) is 4.70. The van der Waals surface area contributed by atoms with Crippen LogP contribution in [-0.2, 0) is 9.59 Å². The highest BCUT2D eigenvalue weighted by Gasteiger charge is 2.47. The van der Waals surface area contributed by atoms with Gasteiger partial charge in [-0.1, -0.05) is 43.7 Å². The number of amides is 4. The topological polar surface area (TPSA) is 81.8 Å². The van der Waals surface area contributed by atoms with Crippen molar-refractivity contribution in [2.45, 2.75) is 32.4 Å². The molecule has 0 spiro atoms. The van der Waals surface area contributed by atoms with Gasteiger partial charge in [-0.15, -0.1) is 6.58 Å². The molecule has 2 N–H and O–H groups in total. The summed E-state index contributed by atoms with van der Waals surface area (Å²) in [5, 5.41) is 6.26. The number of anilines is 1. The normalized spacial score (nSPS) is 18.3. The van der Waals surface area contributed by atoms with Crippen molar-refractivity contribution in [2.75, 3.05) is 18.4 Å². The summed E-state index contributed by atoms with van der Waals surface area (Å²) < 4.78 is 13.3. The number of benzene rings is 2. The minimum Gasteiger partial charge on any atom is -0.326 e. The summed E-state index contributed by atoms with van der Waals surface area (Å²) in [5.74, 6) is -0.999. The van der Waals surface area contributed by atoms with E-state index < -0.39 is 17.9 Å². The first-order chi connectivity index (χ1) is 17.2. The van der Waals surface area contributed by atoms with E-state index in [4.69, 9.17) is 11.6 Å². The lowest BCUT2D eigenvalue weighted by molar-refractivity contribution is -0.134. The highest BCUT2D eigenvalue weighted by atomic mass is 35.5. The molecule has 9 heteroatoms. The Kier molecular flexibility index (Phi) is 7.45. The van der Waals surface area contributed by atoms with E-state index in [0.717, 1.165) is 0 Å². The van der Waals surface area contributed by atoms with Gasteiger partial charge in [0, 0.05) is 17.3 Å². The molecule has 2 atom stereocenters. The Bertz CT molecular complexity index is 1210. The SMILES string of the molecule is C=CCN1C(=O)N[C@@H](c2ccc(Cl)cc2)C2=C1CN([C@@H](CC(C)C)C(=O)Nc1ccc(F)cc1)C2=O. The Hall–Kier alpha value is -3.65. The Balaban J connectivity index is 1.69. The van der Waals surface area contributed by atoms with Gasteiger partial charge in [0.15, 0.2) is 0 Å². The van der Waals surface area contributed by atoms with Crippen LogP contribution in [0.1, 0.15) is 31.9 Å². The largest absolute Gasteiger partial charge is 0.326 e. The molecule has 2 aliphatic rings. The summed E-state index contributed by atoms with van der Waals surface area (Å²) in [6.45, 7) is 8.00. The van der Waals surface area contributed by atoms with Gasteiger partial charge in [-0.25, -0.2) is 9.18 Å². The molecule has 0 unspecified atom stereocenters. The maximum atomic E-state index is 13.9. The van der Waals surface area contributed by atoms with E-state index in [1.807, 2.05) is 13.8 Å². The van der Waals surface area contributed by atoms with Crippen LogP contribution in [0.4, 0.5) is 14.9 Å². The fraction of sp³-hybridized carbons (Fsp3) is 0.296. The molecular weight excluding hydrogens is 483 g/mol. The minimum atomic E-state index is -0.792. The highest BCUT2D eigenvalue weighted by Crippen LogP contribution is 2.38. The van der Waals surface area contributed by atoms with Crippen molar-refractivity contribution in [3.8, 4) is 0 Å². The summed E-state index contributed by atoms with van der Waals surface area (Å²) in [6, 6.07) is 10.6. The Labute approximate surface area is 214 Å². The zero-order chi connectivity index (χ0) is 26.0. The standard InChI is InChI=1S/C27H28ClFN4O3/c1-4-13-32-22-15-33(21(14-16(2)3)25(34)30-20-11-9-19(29)10-12-20)26(35)23(22)24(31-27(32)36)17-5-7-18(28)8-6-17/h4-12,16,21,24H,1,13-15H2,2-3H3,(H,30,34)(H,31,36)/t21-,24-/m0/s1. The van der Waals surface area contributed by atoms with Gasteiger partial charge < -0.3 is 15.5 Å². The number of hydrogen-bond acceptors (Lipinski definition) is 3. The van der Waals surface area contributed by atoms with Crippen LogP contribution in [0, 0.1) is 11.7 Å². The molecule has 0 aromatic heterocycles. The number of halogens is 2. The Morgan fingerprint density at radius 2 is 1.86 bits per heavy atom. The van der Waals surface area contributed by atoms with Crippen molar-refractivity contribution >= 4 is 35.1 Å². The molecule has 0 saturated carbocycles. The second-order valence-corrected chi connectivity index (χ2v) is 9.70. The number of nitrogens with zero attached hydrogens (tertiary/aromatic N) is 2. The molecule has 4 rings (SSSR count). The van der Waals surface area contributed by atoms with Gasteiger partial charge in [0.05, 0.1) is 23.9 Å². The van der Waals surface area contributed by atoms with E-state index in [1.165, 1.54) is 34.1 Å². The van der Waals surface area contributed by atoms with Gasteiger partial charge in [-0.2, -0.15) is 0 Å². The maximum absolute atomic E-state index is 13.9. The molecule has 0 aliphatic carbocycles. The highest BCUT2D eigenvalue weighted by molar-refractivity contribution is 6.30. The number of carbonyl (C=O) groups excluding carboxylic acids is 3. The van der Waals surface area contributed by atoms with Crippen molar-refractivity contribution in [1.82, 2.24) is 15.1 Å². The lowest BCUT2D eigenvalue weighted by Gasteiger charge is -2.33. The van der Waals surface area contributed by atoms with Crippen molar-refractivity contribution in [1.29, 1.82) is 0 Å². The van der Waals surface area contributed by atoms with Crippen LogP contribution in [0.5, 0.6) is 0 Å². The van der Waals surface area contributed by atoms with Crippen LogP contribution < -0.4 is 10.6 Å². The summed E-state index contributed by atoms with van der Waals surface area (Å²) in [6.07, 6.45) is 2.00. The molecule has 0 fully saturated rings. The third-order valence-corrected chi connectivity index (χ3v) is 6.50. The predicted molar refractivity (Wildman–Crippen MR) is 137 cm³/mol. The molecule has 2 aromatic rings. The Morgan fingerprint density at radius 3 is 2.47 bits per heavy atom. The number of rotatable bonds is 8. The van der Waals surface area contributed by atoms with Crippen LogP contribution >= 0.6 is 11.6 Å². The number of nitrogens with one attached hydrogen (secondary N) is 2. The minimum absolute atomic E-state index is 0.105. The number of carbonyl (C=O) groups is 3. The second-order valence-electron chi connectivity index (χ2n) is 9.27. The Morgan fingerprint density at radius 1 is 1.19 bits per heavy atom. The molecule has 7 nitrogen and oxygen atoms in total. The van der Waals surface area contributed by atoms with Gasteiger partial charge in [0.2, 0.25) is 5.91 Å². The molecule has 0 saturated heterocycles. The van der Waals surface area contributed by atoms with E-state index in [-0.39, 0.29) is 36.9 Å². The van der Waals surface area contributed by atoms with E-state index in [1.54, 1.807) is 30.3 Å². The van der Waals surface area contributed by atoms with Crippen LogP contribution in [0.3, 0.4) is 0 Å². The molecule has 36 heavy (non-hydrogen) atoms. The molecule has 0 radical (unpaired) electrons. The number of urea groups is 1. The van der Waals surface area contributed by atoms with Gasteiger partial charge in [0.25, 0.3) is 5.91 Å². The van der Waals surface area contributed by atoms with Gasteiger partial charge in [-0.05, 0) is 54.3 Å². The van der Waals surface area contributed by atoms with Gasteiger partial charge in [-0.3, -0.25) is 14.5 Å². The maximum Gasteiger partial charge on any atom is 0.322 e. The summed E-state index contributed by atoms with van der Waals surface area (Å²) in [5.41, 5.74) is 2.11. The van der Waals surface area contributed by atoms with E-state index in [9.17, 15) is 18.8 Å². The third-order valence-electron chi connectivity index (χ3n) is 6.25. The van der Waals surface area contributed by atoms with Gasteiger partial charge in [0.1, 0.15) is 11.9 Å². The third kappa shape index (κ3) is 5.14. The van der Waals surface area contributed by atoms with E-state index in [2.05, 4.69) is 17.2 Å². The summed E-state index contributed by atoms with van der Waals surface area (Å²) >= 11 is 6.05. The summed E-state index contributed by atoms with van der Waals surface area (Å²) in [4.78, 5) is 43.3. The van der Waals surface area contributed by atoms with E-state index in [0.29, 0.717) is 34.0 Å². The average molecular weight is 511 g/mol. The van der Waals surface area contributed by atoms with Crippen molar-refractivity contribution < 1.29 is 18.8 Å². The average Bonchev–Trinajstić information content (AvgIpc) is 3.18. The van der Waals surface area contributed by atoms with Crippen molar-refractivity contribution in [3.63, 3.8) is 0 Å². The van der Waals surface area contributed by atoms with Crippen LogP contribution in [0.15, 0.2) is 72.5 Å². The first kappa shape index (κ1) is 25.4. The first-order valence-electron chi connectivity index (χ1n) is 11.7.